The number of carbonyl (C=O) groups is 1. The molecular weight excluding hydrogens is 258 g/mol. The summed E-state index contributed by atoms with van der Waals surface area (Å²) in [6, 6.07) is 3.56. The van der Waals surface area contributed by atoms with E-state index in [-0.39, 0.29) is 18.1 Å². The number of rotatable bonds is 7. The average Bonchev–Trinajstić information content (AvgIpc) is 3.13. The van der Waals surface area contributed by atoms with E-state index in [9.17, 15) is 4.79 Å². The molecule has 5 heteroatoms. The summed E-state index contributed by atoms with van der Waals surface area (Å²) in [5.41, 5.74) is -0.309. The molecule has 110 valence electrons. The molecule has 0 aromatic carbocycles. The number of furan rings is 1. The Morgan fingerprint density at radius 1 is 1.50 bits per heavy atom. The lowest BCUT2D eigenvalue weighted by atomic mass is 10.0. The van der Waals surface area contributed by atoms with Gasteiger partial charge in [-0.15, -0.1) is 0 Å². The van der Waals surface area contributed by atoms with Gasteiger partial charge in [0.2, 0.25) is 5.91 Å². The highest BCUT2D eigenvalue weighted by atomic mass is 16.5. The quantitative estimate of drug-likeness (QED) is 0.746. The van der Waals surface area contributed by atoms with Crippen molar-refractivity contribution in [2.45, 2.75) is 31.3 Å². The van der Waals surface area contributed by atoms with E-state index in [0.29, 0.717) is 18.9 Å². The van der Waals surface area contributed by atoms with E-state index in [1.54, 1.807) is 24.5 Å². The van der Waals surface area contributed by atoms with Crippen LogP contribution in [-0.4, -0.2) is 36.4 Å². The molecule has 1 heterocycles. The first-order valence-electron chi connectivity index (χ1n) is 6.98. The molecule has 1 aliphatic rings. The van der Waals surface area contributed by atoms with Crippen molar-refractivity contribution in [2.24, 2.45) is 0 Å². The molecule has 0 atom stereocenters. The summed E-state index contributed by atoms with van der Waals surface area (Å²) in [5.74, 6) is 0.479. The first-order valence-corrected chi connectivity index (χ1v) is 6.98. The number of carbonyl (C=O) groups excluding carboxylic acids is 1. The van der Waals surface area contributed by atoms with E-state index in [0.717, 1.165) is 25.7 Å². The second-order valence-electron chi connectivity index (χ2n) is 5.03. The summed E-state index contributed by atoms with van der Waals surface area (Å²) in [7, 11) is 0. The van der Waals surface area contributed by atoms with Crippen LogP contribution in [0, 0.1) is 0 Å². The molecule has 5 nitrogen and oxygen atoms in total. The molecule has 1 fully saturated rings. The second-order valence-corrected chi connectivity index (χ2v) is 5.03. The Balaban J connectivity index is 1.81. The third-order valence-electron chi connectivity index (χ3n) is 3.54. The van der Waals surface area contributed by atoms with Crippen molar-refractivity contribution in [2.75, 3.05) is 19.8 Å². The van der Waals surface area contributed by atoms with Gasteiger partial charge in [0.15, 0.2) is 0 Å². The molecule has 2 rings (SSSR count). The Labute approximate surface area is 118 Å². The third kappa shape index (κ3) is 4.21. The molecular formula is C15H21NO4. The predicted octanol–water partition coefficient (Wildman–Crippen LogP) is 1.73. The number of hydrogen-bond donors (Lipinski definition) is 2. The number of aliphatic hydroxyl groups excluding tert-OH is 1. The highest BCUT2D eigenvalue weighted by Crippen LogP contribution is 2.32. The maximum absolute atomic E-state index is 11.8. The lowest BCUT2D eigenvalue weighted by Crippen LogP contribution is -2.43. The summed E-state index contributed by atoms with van der Waals surface area (Å²) in [6.45, 7) is 0.806. The largest absolute Gasteiger partial charge is 0.465 e. The van der Waals surface area contributed by atoms with Gasteiger partial charge in [-0.2, -0.15) is 0 Å². The molecule has 0 unspecified atom stereocenters. The van der Waals surface area contributed by atoms with Gasteiger partial charge in [0.1, 0.15) is 5.76 Å². The van der Waals surface area contributed by atoms with Crippen LogP contribution in [0.3, 0.4) is 0 Å². The van der Waals surface area contributed by atoms with Crippen LogP contribution in [0.15, 0.2) is 28.9 Å². The Bertz CT molecular complexity index is 433. The second kappa shape index (κ2) is 7.26. The molecule has 0 bridgehead atoms. The van der Waals surface area contributed by atoms with Crippen LogP contribution < -0.4 is 5.32 Å². The fourth-order valence-electron chi connectivity index (χ4n) is 2.50. The van der Waals surface area contributed by atoms with Crippen LogP contribution >= 0.6 is 0 Å². The number of ether oxygens (including phenoxy) is 1. The minimum Gasteiger partial charge on any atom is -0.465 e. The molecule has 1 aromatic heterocycles. The van der Waals surface area contributed by atoms with Gasteiger partial charge < -0.3 is 19.6 Å². The Hall–Kier alpha value is -1.59. The number of amides is 1. The smallest absolute Gasteiger partial charge is 0.244 e. The van der Waals surface area contributed by atoms with Gasteiger partial charge in [0.05, 0.1) is 25.1 Å². The van der Waals surface area contributed by atoms with E-state index < -0.39 is 0 Å². The number of hydrogen-bond acceptors (Lipinski definition) is 4. The highest BCUT2D eigenvalue weighted by Gasteiger charge is 2.34. The van der Waals surface area contributed by atoms with Gasteiger partial charge in [-0.25, -0.2) is 0 Å². The van der Waals surface area contributed by atoms with Gasteiger partial charge >= 0.3 is 0 Å². The standard InChI is InChI=1S/C15H21NO4/c17-9-11-20-15(7-1-2-8-15)12-16-14(18)6-5-13-4-3-10-19-13/h3-6,10,17H,1-2,7-9,11-12H2,(H,16,18)/b6-5+. The third-order valence-corrected chi connectivity index (χ3v) is 3.54. The first-order chi connectivity index (χ1) is 9.74. The molecule has 2 N–H and O–H groups in total. The SMILES string of the molecule is O=C(/C=C/c1ccco1)NCC1(OCCO)CCCC1. The zero-order valence-electron chi connectivity index (χ0n) is 11.5. The summed E-state index contributed by atoms with van der Waals surface area (Å²) < 4.78 is 10.8. The molecule has 1 saturated carbocycles. The fourth-order valence-corrected chi connectivity index (χ4v) is 2.50. The normalized spacial score (nSPS) is 17.6. The Morgan fingerprint density at radius 2 is 2.30 bits per heavy atom. The van der Waals surface area contributed by atoms with Crippen molar-refractivity contribution < 1.29 is 19.1 Å². The summed E-state index contributed by atoms with van der Waals surface area (Å²) in [4.78, 5) is 11.8. The van der Waals surface area contributed by atoms with Gasteiger partial charge in [0, 0.05) is 12.6 Å². The molecule has 1 amide bonds. The minimum absolute atomic E-state index is 0.00803. The summed E-state index contributed by atoms with van der Waals surface area (Å²) in [5, 5.41) is 11.7. The predicted molar refractivity (Wildman–Crippen MR) is 75.0 cm³/mol. The van der Waals surface area contributed by atoms with Crippen LogP contribution in [0.2, 0.25) is 0 Å². The van der Waals surface area contributed by atoms with Crippen molar-refractivity contribution in [3.8, 4) is 0 Å². The van der Waals surface area contributed by atoms with Gasteiger partial charge in [-0.05, 0) is 31.1 Å². The first kappa shape index (κ1) is 14.8. The van der Waals surface area contributed by atoms with Crippen molar-refractivity contribution >= 4 is 12.0 Å². The van der Waals surface area contributed by atoms with Crippen LogP contribution in [-0.2, 0) is 9.53 Å². The molecule has 0 spiro atoms. The number of aliphatic hydroxyl groups is 1. The van der Waals surface area contributed by atoms with Gasteiger partial charge in [-0.3, -0.25) is 4.79 Å². The number of nitrogens with one attached hydrogen (secondary N) is 1. The van der Waals surface area contributed by atoms with Crippen LogP contribution in [0.5, 0.6) is 0 Å². The Kier molecular flexibility index (Phi) is 5.38. The summed E-state index contributed by atoms with van der Waals surface area (Å²) >= 11 is 0. The summed E-state index contributed by atoms with van der Waals surface area (Å²) in [6.07, 6.45) is 8.70. The van der Waals surface area contributed by atoms with E-state index in [2.05, 4.69) is 5.32 Å². The molecule has 1 aromatic rings. The van der Waals surface area contributed by atoms with E-state index in [4.69, 9.17) is 14.3 Å². The van der Waals surface area contributed by atoms with E-state index in [1.165, 1.54) is 6.08 Å². The van der Waals surface area contributed by atoms with Gasteiger partial charge in [-0.1, -0.05) is 12.8 Å². The zero-order valence-corrected chi connectivity index (χ0v) is 11.5. The molecule has 20 heavy (non-hydrogen) atoms. The van der Waals surface area contributed by atoms with Crippen molar-refractivity contribution in [3.63, 3.8) is 0 Å². The van der Waals surface area contributed by atoms with Crippen LogP contribution in [0.1, 0.15) is 31.4 Å². The maximum Gasteiger partial charge on any atom is 0.244 e. The lowest BCUT2D eigenvalue weighted by molar-refractivity contribution is -0.118. The fraction of sp³-hybridized carbons (Fsp3) is 0.533. The lowest BCUT2D eigenvalue weighted by Gasteiger charge is -2.29. The highest BCUT2D eigenvalue weighted by molar-refractivity contribution is 5.91. The van der Waals surface area contributed by atoms with Gasteiger partial charge in [0.25, 0.3) is 0 Å². The monoisotopic (exact) mass is 279 g/mol. The van der Waals surface area contributed by atoms with Crippen LogP contribution in [0.25, 0.3) is 6.08 Å². The zero-order chi connectivity index (χ0) is 14.3. The molecule has 0 saturated heterocycles. The van der Waals surface area contributed by atoms with Crippen molar-refractivity contribution in [3.05, 3.63) is 30.2 Å². The minimum atomic E-state index is -0.309. The average molecular weight is 279 g/mol. The van der Waals surface area contributed by atoms with E-state index >= 15 is 0 Å². The van der Waals surface area contributed by atoms with Crippen LogP contribution in [0.4, 0.5) is 0 Å². The van der Waals surface area contributed by atoms with Crippen molar-refractivity contribution in [1.29, 1.82) is 0 Å². The molecule has 1 aliphatic carbocycles. The topological polar surface area (TPSA) is 71.7 Å². The molecule has 0 radical (unpaired) electrons. The van der Waals surface area contributed by atoms with E-state index in [1.807, 2.05) is 0 Å². The molecule has 0 aliphatic heterocycles. The van der Waals surface area contributed by atoms with Crippen molar-refractivity contribution in [1.82, 2.24) is 5.32 Å². The Morgan fingerprint density at radius 3 is 2.95 bits per heavy atom. The maximum atomic E-state index is 11.8.